The standard InChI is InChI=1S/C13H22N2OS/c1-14(2)10-7-11-15(16-3)12-8-5-6-9-13(12)17-4/h5-6,8-9H,7,10-11H2,1-4H3. The largest absolute Gasteiger partial charge is 0.309 e. The van der Waals surface area contributed by atoms with E-state index >= 15 is 0 Å². The van der Waals surface area contributed by atoms with Crippen LogP contribution in [-0.4, -0.2) is 45.5 Å². The number of nitrogens with zero attached hydrogens (tertiary/aromatic N) is 2. The van der Waals surface area contributed by atoms with Crippen LogP contribution in [0.1, 0.15) is 6.42 Å². The Labute approximate surface area is 109 Å². The normalized spacial score (nSPS) is 10.9. The van der Waals surface area contributed by atoms with Crippen molar-refractivity contribution in [3.05, 3.63) is 24.3 Å². The van der Waals surface area contributed by atoms with Gasteiger partial charge in [-0.2, -0.15) is 0 Å². The molecule has 0 N–H and O–H groups in total. The zero-order valence-electron chi connectivity index (χ0n) is 11.1. The highest BCUT2D eigenvalue weighted by Crippen LogP contribution is 2.28. The molecule has 0 saturated carbocycles. The molecule has 0 bridgehead atoms. The summed E-state index contributed by atoms with van der Waals surface area (Å²) in [5.74, 6) is 0. The summed E-state index contributed by atoms with van der Waals surface area (Å²) in [7, 11) is 5.91. The average molecular weight is 254 g/mol. The molecule has 3 nitrogen and oxygen atoms in total. The number of hydroxylamine groups is 1. The second-order valence-corrected chi connectivity index (χ2v) is 4.96. The van der Waals surface area contributed by atoms with Crippen molar-refractivity contribution in [3.8, 4) is 0 Å². The molecule has 0 amide bonds. The maximum Gasteiger partial charge on any atom is 0.0772 e. The van der Waals surface area contributed by atoms with Crippen molar-refractivity contribution in [2.24, 2.45) is 0 Å². The smallest absolute Gasteiger partial charge is 0.0772 e. The van der Waals surface area contributed by atoms with Crippen LogP contribution in [0.15, 0.2) is 29.2 Å². The lowest BCUT2D eigenvalue weighted by Crippen LogP contribution is -2.26. The molecule has 0 aliphatic heterocycles. The second kappa shape index (κ2) is 7.58. The Morgan fingerprint density at radius 3 is 2.47 bits per heavy atom. The fourth-order valence-electron chi connectivity index (χ4n) is 1.68. The van der Waals surface area contributed by atoms with Crippen LogP contribution in [0.25, 0.3) is 0 Å². The Balaban J connectivity index is 2.65. The number of rotatable bonds is 7. The number of hydrogen-bond donors (Lipinski definition) is 0. The molecule has 0 heterocycles. The first-order valence-electron chi connectivity index (χ1n) is 5.78. The van der Waals surface area contributed by atoms with Gasteiger partial charge in [0.05, 0.1) is 12.8 Å². The van der Waals surface area contributed by atoms with Crippen LogP contribution in [0, 0.1) is 0 Å². The third-order valence-electron chi connectivity index (χ3n) is 2.54. The van der Waals surface area contributed by atoms with E-state index in [9.17, 15) is 0 Å². The third-order valence-corrected chi connectivity index (χ3v) is 3.33. The van der Waals surface area contributed by atoms with Crippen molar-refractivity contribution < 1.29 is 4.84 Å². The molecule has 0 saturated heterocycles. The summed E-state index contributed by atoms with van der Waals surface area (Å²) in [5.41, 5.74) is 1.15. The maximum atomic E-state index is 5.46. The fraction of sp³-hybridized carbons (Fsp3) is 0.538. The second-order valence-electron chi connectivity index (χ2n) is 4.11. The zero-order valence-corrected chi connectivity index (χ0v) is 12.0. The summed E-state index contributed by atoms with van der Waals surface area (Å²) < 4.78 is 0. The van der Waals surface area contributed by atoms with Gasteiger partial charge in [0, 0.05) is 11.4 Å². The quantitative estimate of drug-likeness (QED) is 0.549. The topological polar surface area (TPSA) is 15.7 Å². The summed E-state index contributed by atoms with van der Waals surface area (Å²) in [4.78, 5) is 8.90. The van der Waals surface area contributed by atoms with Crippen molar-refractivity contribution in [2.45, 2.75) is 11.3 Å². The van der Waals surface area contributed by atoms with E-state index in [0.29, 0.717) is 0 Å². The number of para-hydroxylation sites is 1. The van der Waals surface area contributed by atoms with Gasteiger partial charge in [-0.3, -0.25) is 9.90 Å². The Bertz CT molecular complexity index is 331. The van der Waals surface area contributed by atoms with Gasteiger partial charge in [0.25, 0.3) is 0 Å². The SMILES string of the molecule is CON(CCCN(C)C)c1ccccc1SC. The van der Waals surface area contributed by atoms with Gasteiger partial charge in [-0.25, -0.2) is 0 Å². The fourth-order valence-corrected chi connectivity index (χ4v) is 2.27. The van der Waals surface area contributed by atoms with Gasteiger partial charge < -0.3 is 4.90 Å². The van der Waals surface area contributed by atoms with Crippen LogP contribution >= 0.6 is 11.8 Å². The molecule has 96 valence electrons. The van der Waals surface area contributed by atoms with Gasteiger partial charge in [-0.1, -0.05) is 12.1 Å². The van der Waals surface area contributed by atoms with Crippen molar-refractivity contribution in [2.75, 3.05) is 45.6 Å². The molecule has 0 aliphatic rings. The van der Waals surface area contributed by atoms with Crippen LogP contribution in [0.4, 0.5) is 5.69 Å². The Morgan fingerprint density at radius 2 is 1.88 bits per heavy atom. The van der Waals surface area contributed by atoms with Crippen molar-refractivity contribution in [1.82, 2.24) is 4.90 Å². The van der Waals surface area contributed by atoms with E-state index < -0.39 is 0 Å². The molecule has 17 heavy (non-hydrogen) atoms. The molecule has 1 rings (SSSR count). The lowest BCUT2D eigenvalue weighted by molar-refractivity contribution is 0.162. The van der Waals surface area contributed by atoms with Crippen molar-refractivity contribution in [3.63, 3.8) is 0 Å². The van der Waals surface area contributed by atoms with Crippen LogP contribution in [0.3, 0.4) is 0 Å². The monoisotopic (exact) mass is 254 g/mol. The summed E-state index contributed by atoms with van der Waals surface area (Å²) >= 11 is 1.75. The van der Waals surface area contributed by atoms with E-state index in [1.165, 1.54) is 4.90 Å². The Hall–Kier alpha value is -0.710. The molecule has 1 aromatic rings. The van der Waals surface area contributed by atoms with Crippen molar-refractivity contribution in [1.29, 1.82) is 0 Å². The molecule has 1 aromatic carbocycles. The molecule has 0 radical (unpaired) electrons. The lowest BCUT2D eigenvalue weighted by atomic mass is 10.3. The molecule has 4 heteroatoms. The molecule has 0 spiro atoms. The molecule has 0 atom stereocenters. The third kappa shape index (κ3) is 4.58. The number of hydrogen-bond acceptors (Lipinski definition) is 4. The predicted molar refractivity (Wildman–Crippen MR) is 75.7 cm³/mol. The number of anilines is 1. The van der Waals surface area contributed by atoms with Gasteiger partial charge in [-0.05, 0) is 45.4 Å². The van der Waals surface area contributed by atoms with Gasteiger partial charge in [-0.15, -0.1) is 11.8 Å². The van der Waals surface area contributed by atoms with E-state index in [0.717, 1.165) is 25.2 Å². The highest BCUT2D eigenvalue weighted by atomic mass is 32.2. The summed E-state index contributed by atoms with van der Waals surface area (Å²) in [6, 6.07) is 8.33. The molecule has 0 unspecified atom stereocenters. The molecular formula is C13H22N2OS. The van der Waals surface area contributed by atoms with Crippen molar-refractivity contribution >= 4 is 17.4 Å². The zero-order chi connectivity index (χ0) is 12.7. The van der Waals surface area contributed by atoms with Crippen LogP contribution in [0.5, 0.6) is 0 Å². The Morgan fingerprint density at radius 1 is 1.18 bits per heavy atom. The summed E-state index contributed by atoms with van der Waals surface area (Å²) in [5, 5.41) is 1.97. The predicted octanol–water partition coefficient (Wildman–Crippen LogP) is 2.73. The van der Waals surface area contributed by atoms with E-state index in [-0.39, 0.29) is 0 Å². The van der Waals surface area contributed by atoms with Crippen LogP contribution < -0.4 is 5.06 Å². The molecule has 0 fully saturated rings. The summed E-state index contributed by atoms with van der Waals surface area (Å²) in [6.07, 6.45) is 3.18. The van der Waals surface area contributed by atoms with Gasteiger partial charge in [0.2, 0.25) is 0 Å². The first-order chi connectivity index (χ1) is 8.19. The van der Waals surface area contributed by atoms with Crippen LogP contribution in [0.2, 0.25) is 0 Å². The van der Waals surface area contributed by atoms with Gasteiger partial charge in [0.15, 0.2) is 0 Å². The first-order valence-corrected chi connectivity index (χ1v) is 7.01. The van der Waals surface area contributed by atoms with Gasteiger partial charge in [0.1, 0.15) is 0 Å². The minimum atomic E-state index is 0.909. The molecule has 0 aromatic heterocycles. The van der Waals surface area contributed by atoms with Gasteiger partial charge >= 0.3 is 0 Å². The highest BCUT2D eigenvalue weighted by Gasteiger charge is 2.09. The highest BCUT2D eigenvalue weighted by molar-refractivity contribution is 7.98. The Kier molecular flexibility index (Phi) is 6.40. The number of benzene rings is 1. The van der Waals surface area contributed by atoms with E-state index in [1.807, 2.05) is 11.1 Å². The lowest BCUT2D eigenvalue weighted by Gasteiger charge is -2.24. The minimum Gasteiger partial charge on any atom is -0.309 e. The number of thioether (sulfide) groups is 1. The van der Waals surface area contributed by atoms with E-state index in [4.69, 9.17) is 4.84 Å². The minimum absolute atomic E-state index is 0.909. The van der Waals surface area contributed by atoms with Crippen LogP contribution in [-0.2, 0) is 4.84 Å². The average Bonchev–Trinajstić information content (AvgIpc) is 2.34. The summed E-state index contributed by atoms with van der Waals surface area (Å²) in [6.45, 7) is 1.98. The molecule has 0 aliphatic carbocycles. The first kappa shape index (κ1) is 14.4. The maximum absolute atomic E-state index is 5.46. The van der Waals surface area contributed by atoms with E-state index in [2.05, 4.69) is 43.5 Å². The molecular weight excluding hydrogens is 232 g/mol. The van der Waals surface area contributed by atoms with E-state index in [1.54, 1.807) is 18.9 Å².